The van der Waals surface area contributed by atoms with Crippen LogP contribution in [0.3, 0.4) is 0 Å². The number of hydrogen-bond donors (Lipinski definition) is 1. The summed E-state index contributed by atoms with van der Waals surface area (Å²) < 4.78 is 31.9. The molecule has 1 saturated heterocycles. The lowest BCUT2D eigenvalue weighted by atomic mass is 9.95. The lowest BCUT2D eigenvalue weighted by molar-refractivity contribution is -0.121. The van der Waals surface area contributed by atoms with Crippen LogP contribution >= 0.6 is 0 Å². The number of carbonyl (C=O) groups is 1. The van der Waals surface area contributed by atoms with E-state index in [2.05, 4.69) is 10.1 Å². The first-order valence-corrected chi connectivity index (χ1v) is 8.87. The van der Waals surface area contributed by atoms with Gasteiger partial charge in [0.1, 0.15) is 0 Å². The van der Waals surface area contributed by atoms with Gasteiger partial charge in [-0.15, -0.1) is 0 Å². The second-order valence-electron chi connectivity index (χ2n) is 5.75. The molecular formula is C15H15N5O4S. The van der Waals surface area contributed by atoms with Crippen molar-refractivity contribution in [2.75, 3.05) is 13.1 Å². The van der Waals surface area contributed by atoms with Crippen molar-refractivity contribution in [1.29, 1.82) is 5.26 Å². The summed E-state index contributed by atoms with van der Waals surface area (Å²) >= 11 is 0. The second-order valence-corrected chi connectivity index (χ2v) is 7.69. The third kappa shape index (κ3) is 3.11. The van der Waals surface area contributed by atoms with E-state index in [0.717, 1.165) is 0 Å². The van der Waals surface area contributed by atoms with Gasteiger partial charge < -0.3 is 10.3 Å². The van der Waals surface area contributed by atoms with Crippen molar-refractivity contribution < 1.29 is 17.7 Å². The summed E-state index contributed by atoms with van der Waals surface area (Å²) in [6, 6.07) is 7.50. The number of sulfonamides is 1. The van der Waals surface area contributed by atoms with Crippen molar-refractivity contribution in [1.82, 2.24) is 14.4 Å². The predicted molar refractivity (Wildman–Crippen MR) is 84.4 cm³/mol. The minimum absolute atomic E-state index is 0.0115. The Labute approximate surface area is 144 Å². The number of primary amides is 1. The van der Waals surface area contributed by atoms with Crippen molar-refractivity contribution in [3.63, 3.8) is 0 Å². The molecule has 9 nitrogen and oxygen atoms in total. The summed E-state index contributed by atoms with van der Waals surface area (Å²) in [4.78, 5) is 15.9. The van der Waals surface area contributed by atoms with E-state index in [4.69, 9.17) is 15.5 Å². The number of aromatic nitrogens is 2. The average molecular weight is 361 g/mol. The van der Waals surface area contributed by atoms with Crippen LogP contribution in [0.25, 0.3) is 0 Å². The number of hydrogen-bond acceptors (Lipinski definition) is 7. The van der Waals surface area contributed by atoms with E-state index in [-0.39, 0.29) is 23.9 Å². The zero-order valence-corrected chi connectivity index (χ0v) is 14.1. The van der Waals surface area contributed by atoms with Gasteiger partial charge in [-0.2, -0.15) is 14.6 Å². The summed E-state index contributed by atoms with van der Waals surface area (Å²) in [7, 11) is -3.84. The van der Waals surface area contributed by atoms with E-state index in [9.17, 15) is 13.2 Å². The van der Waals surface area contributed by atoms with Gasteiger partial charge in [-0.1, -0.05) is 5.16 Å². The summed E-state index contributed by atoms with van der Waals surface area (Å²) in [5, 5.41) is 12.5. The van der Waals surface area contributed by atoms with Gasteiger partial charge in [-0.05, 0) is 31.2 Å². The Bertz CT molecular complexity index is 945. The predicted octanol–water partition coefficient (Wildman–Crippen LogP) is 0.139. The Morgan fingerprint density at radius 3 is 2.56 bits per heavy atom. The van der Waals surface area contributed by atoms with Crippen molar-refractivity contribution in [3.8, 4) is 6.07 Å². The topological polar surface area (TPSA) is 143 Å². The highest BCUT2D eigenvalue weighted by atomic mass is 32.2. The van der Waals surface area contributed by atoms with Crippen LogP contribution in [0.2, 0.25) is 0 Å². The molecule has 2 atom stereocenters. The number of nitriles is 1. The SMILES string of the molecule is Cc1noc([C@@H]2CN(S(=O)(=O)c3ccc(C#N)cc3)C[C@H]2C(N)=O)n1. The van der Waals surface area contributed by atoms with E-state index in [1.807, 2.05) is 6.07 Å². The first-order valence-electron chi connectivity index (χ1n) is 7.42. The van der Waals surface area contributed by atoms with Gasteiger partial charge >= 0.3 is 0 Å². The smallest absolute Gasteiger partial charge is 0.243 e. The van der Waals surface area contributed by atoms with Gasteiger partial charge in [0, 0.05) is 13.1 Å². The Morgan fingerprint density at radius 2 is 2.04 bits per heavy atom. The molecule has 1 aromatic carbocycles. The molecule has 2 N–H and O–H groups in total. The molecule has 0 radical (unpaired) electrons. The third-order valence-corrected chi connectivity index (χ3v) is 5.98. The lowest BCUT2D eigenvalue weighted by Gasteiger charge is -2.16. The molecule has 25 heavy (non-hydrogen) atoms. The van der Waals surface area contributed by atoms with Crippen molar-refractivity contribution in [2.24, 2.45) is 11.7 Å². The maximum atomic E-state index is 12.8. The number of rotatable bonds is 4. The molecule has 1 aliphatic rings. The molecule has 1 amide bonds. The van der Waals surface area contributed by atoms with Crippen molar-refractivity contribution in [3.05, 3.63) is 41.5 Å². The van der Waals surface area contributed by atoms with Crippen molar-refractivity contribution in [2.45, 2.75) is 17.7 Å². The number of benzene rings is 1. The Morgan fingerprint density at radius 1 is 1.36 bits per heavy atom. The fourth-order valence-electron chi connectivity index (χ4n) is 2.82. The Hall–Kier alpha value is -2.77. The van der Waals surface area contributed by atoms with Crippen molar-refractivity contribution >= 4 is 15.9 Å². The quantitative estimate of drug-likeness (QED) is 0.815. The highest BCUT2D eigenvalue weighted by Gasteiger charge is 2.45. The van der Waals surface area contributed by atoms with Gasteiger partial charge in [0.15, 0.2) is 5.82 Å². The molecule has 1 aromatic heterocycles. The number of nitrogens with zero attached hydrogens (tertiary/aromatic N) is 4. The lowest BCUT2D eigenvalue weighted by Crippen LogP contribution is -2.32. The van der Waals surface area contributed by atoms with E-state index >= 15 is 0 Å². The molecule has 2 aromatic rings. The minimum atomic E-state index is -3.84. The summed E-state index contributed by atoms with van der Waals surface area (Å²) in [5.74, 6) is -1.39. The standard InChI is InChI=1S/C15H15N5O4S/c1-9-18-15(24-19-9)13-8-20(7-12(13)14(17)21)25(22,23)11-4-2-10(6-16)3-5-11/h2-5,12-13H,7-8H2,1H3,(H2,17,21)/t12-,13-/m1/s1. The fourth-order valence-corrected chi connectivity index (χ4v) is 4.31. The highest BCUT2D eigenvalue weighted by molar-refractivity contribution is 7.89. The van der Waals surface area contributed by atoms with E-state index in [1.165, 1.54) is 28.6 Å². The Balaban J connectivity index is 1.92. The minimum Gasteiger partial charge on any atom is -0.369 e. The molecule has 0 unspecified atom stereocenters. The van der Waals surface area contributed by atoms with Gasteiger partial charge in [-0.25, -0.2) is 8.42 Å². The molecule has 10 heteroatoms. The summed E-state index contributed by atoms with van der Waals surface area (Å²) in [6.45, 7) is 1.58. The molecule has 0 aliphatic carbocycles. The average Bonchev–Trinajstić information content (AvgIpc) is 3.21. The fraction of sp³-hybridized carbons (Fsp3) is 0.333. The van der Waals surface area contributed by atoms with E-state index < -0.39 is 27.8 Å². The molecule has 130 valence electrons. The molecule has 0 saturated carbocycles. The summed E-state index contributed by atoms with van der Waals surface area (Å²) in [5.41, 5.74) is 5.78. The van der Waals surface area contributed by atoms with Crippen LogP contribution in [-0.2, 0) is 14.8 Å². The summed E-state index contributed by atoms with van der Waals surface area (Å²) in [6.07, 6.45) is 0. The molecule has 1 aliphatic heterocycles. The molecule has 1 fully saturated rings. The number of aryl methyl sites for hydroxylation is 1. The van der Waals surface area contributed by atoms with Gasteiger partial charge in [0.05, 0.1) is 28.4 Å². The zero-order valence-electron chi connectivity index (χ0n) is 13.3. The monoisotopic (exact) mass is 361 g/mol. The maximum absolute atomic E-state index is 12.8. The molecule has 0 bridgehead atoms. The number of nitrogens with two attached hydrogens (primary N) is 1. The Kier molecular flexibility index (Phi) is 4.28. The normalized spacial score (nSPS) is 21.1. The zero-order chi connectivity index (χ0) is 18.2. The van der Waals surface area contributed by atoms with Gasteiger partial charge in [-0.3, -0.25) is 4.79 Å². The molecule has 2 heterocycles. The highest BCUT2D eigenvalue weighted by Crippen LogP contribution is 2.34. The van der Waals surface area contributed by atoms with Crippen LogP contribution in [0.15, 0.2) is 33.7 Å². The first kappa shape index (κ1) is 17.1. The van der Waals surface area contributed by atoms with Gasteiger partial charge in [0.2, 0.25) is 21.8 Å². The number of amides is 1. The van der Waals surface area contributed by atoms with E-state index in [1.54, 1.807) is 6.92 Å². The van der Waals surface area contributed by atoms with Crippen LogP contribution in [-0.4, -0.2) is 41.9 Å². The van der Waals surface area contributed by atoms with Crippen LogP contribution in [0.1, 0.15) is 23.2 Å². The van der Waals surface area contributed by atoms with E-state index in [0.29, 0.717) is 11.4 Å². The molecule has 3 rings (SSSR count). The van der Waals surface area contributed by atoms with Crippen LogP contribution in [0.5, 0.6) is 0 Å². The third-order valence-electron chi connectivity index (χ3n) is 4.13. The first-order chi connectivity index (χ1) is 11.8. The maximum Gasteiger partial charge on any atom is 0.243 e. The number of carbonyl (C=O) groups excluding carboxylic acids is 1. The van der Waals surface area contributed by atoms with Gasteiger partial charge in [0.25, 0.3) is 0 Å². The van der Waals surface area contributed by atoms with Crippen LogP contribution < -0.4 is 5.73 Å². The van der Waals surface area contributed by atoms with Crippen LogP contribution in [0, 0.1) is 24.2 Å². The largest absolute Gasteiger partial charge is 0.369 e. The molecule has 0 spiro atoms. The molecular weight excluding hydrogens is 346 g/mol. The second kappa shape index (κ2) is 6.27. The van der Waals surface area contributed by atoms with Crippen LogP contribution in [0.4, 0.5) is 0 Å².